The topological polar surface area (TPSA) is 37.8 Å². The Labute approximate surface area is 112 Å². The molecule has 1 heterocycles. The van der Waals surface area contributed by atoms with Crippen molar-refractivity contribution in [2.24, 2.45) is 0 Å². The number of nitrogens with zero attached hydrogens (tertiary/aromatic N) is 2. The Morgan fingerprint density at radius 2 is 2.11 bits per heavy atom. The third-order valence-corrected chi connectivity index (χ3v) is 3.97. The van der Waals surface area contributed by atoms with Crippen molar-refractivity contribution >= 4 is 17.4 Å². The normalized spacial score (nSPS) is 24.6. The lowest BCUT2D eigenvalue weighted by atomic mass is 10.1. The second-order valence-electron chi connectivity index (χ2n) is 4.74. The number of rotatable bonds is 3. The molecule has 5 heteroatoms. The van der Waals surface area contributed by atoms with Gasteiger partial charge in [0.25, 0.3) is 0 Å². The van der Waals surface area contributed by atoms with Gasteiger partial charge in [0, 0.05) is 6.04 Å². The molecule has 0 spiro atoms. The van der Waals surface area contributed by atoms with Gasteiger partial charge in [-0.25, -0.2) is 14.4 Å². The van der Waals surface area contributed by atoms with Crippen LogP contribution in [0.15, 0.2) is 6.33 Å². The van der Waals surface area contributed by atoms with Gasteiger partial charge in [0.2, 0.25) is 0 Å². The molecule has 1 aromatic rings. The van der Waals surface area contributed by atoms with Crippen molar-refractivity contribution in [1.82, 2.24) is 9.97 Å². The quantitative estimate of drug-likeness (QED) is 0.675. The summed E-state index contributed by atoms with van der Waals surface area (Å²) in [5.41, 5.74) is 0.451. The Morgan fingerprint density at radius 3 is 2.89 bits per heavy atom. The summed E-state index contributed by atoms with van der Waals surface area (Å²) in [6.07, 6.45) is 7.41. The highest BCUT2D eigenvalue weighted by molar-refractivity contribution is 6.21. The molecular formula is C13H19ClFN3. The van der Waals surface area contributed by atoms with Crippen molar-refractivity contribution in [2.45, 2.75) is 56.9 Å². The summed E-state index contributed by atoms with van der Waals surface area (Å²) in [7, 11) is 0. The summed E-state index contributed by atoms with van der Waals surface area (Å²) >= 11 is 6.33. The van der Waals surface area contributed by atoms with Crippen LogP contribution in [0.25, 0.3) is 0 Å². The van der Waals surface area contributed by atoms with Gasteiger partial charge in [0.15, 0.2) is 11.6 Å². The smallest absolute Gasteiger partial charge is 0.186 e. The van der Waals surface area contributed by atoms with E-state index < -0.39 is 0 Å². The maximum atomic E-state index is 14.0. The van der Waals surface area contributed by atoms with E-state index in [1.807, 2.05) is 6.92 Å². The third kappa shape index (κ3) is 3.10. The monoisotopic (exact) mass is 271 g/mol. The first-order chi connectivity index (χ1) is 8.72. The van der Waals surface area contributed by atoms with Gasteiger partial charge in [-0.1, -0.05) is 26.2 Å². The van der Waals surface area contributed by atoms with Crippen molar-refractivity contribution in [1.29, 1.82) is 0 Å². The number of alkyl halides is 1. The number of nitrogens with one attached hydrogen (secondary N) is 1. The van der Waals surface area contributed by atoms with Crippen LogP contribution in [0.2, 0.25) is 0 Å². The lowest BCUT2D eigenvalue weighted by Gasteiger charge is -2.22. The molecule has 1 aliphatic rings. The molecule has 2 atom stereocenters. The zero-order chi connectivity index (χ0) is 13.0. The summed E-state index contributed by atoms with van der Waals surface area (Å²) in [6.45, 7) is 1.88. The van der Waals surface area contributed by atoms with E-state index in [1.54, 1.807) is 0 Å². The van der Waals surface area contributed by atoms with Gasteiger partial charge >= 0.3 is 0 Å². The standard InChI is InChI=1S/C13H19ClFN3/c1-2-10-12(15)13(17-8-16-10)18-11-7-5-3-4-6-9(11)14/h8-9,11H,2-7H2,1H3,(H,16,17,18). The van der Waals surface area contributed by atoms with Gasteiger partial charge in [-0.15, -0.1) is 11.6 Å². The van der Waals surface area contributed by atoms with E-state index in [0.29, 0.717) is 17.9 Å². The number of aromatic nitrogens is 2. The van der Waals surface area contributed by atoms with Crippen LogP contribution >= 0.6 is 11.6 Å². The molecule has 1 fully saturated rings. The third-order valence-electron chi connectivity index (χ3n) is 3.45. The first-order valence-corrected chi connectivity index (χ1v) is 7.06. The van der Waals surface area contributed by atoms with Gasteiger partial charge in [0.1, 0.15) is 6.33 Å². The molecular weight excluding hydrogens is 253 g/mol. The van der Waals surface area contributed by atoms with Gasteiger partial charge < -0.3 is 5.32 Å². The van der Waals surface area contributed by atoms with E-state index in [1.165, 1.54) is 12.7 Å². The zero-order valence-electron chi connectivity index (χ0n) is 10.6. The Kier molecular flexibility index (Phi) is 4.75. The fraction of sp³-hybridized carbons (Fsp3) is 0.692. The molecule has 100 valence electrons. The fourth-order valence-electron chi connectivity index (χ4n) is 2.35. The van der Waals surface area contributed by atoms with Crippen molar-refractivity contribution in [3.05, 3.63) is 17.8 Å². The molecule has 2 rings (SSSR count). The number of hydrogen-bond acceptors (Lipinski definition) is 3. The molecule has 0 aliphatic heterocycles. The molecule has 1 saturated carbocycles. The lowest BCUT2D eigenvalue weighted by molar-refractivity contribution is 0.578. The van der Waals surface area contributed by atoms with Crippen LogP contribution in [0.3, 0.4) is 0 Å². The van der Waals surface area contributed by atoms with Crippen LogP contribution < -0.4 is 5.32 Å². The molecule has 1 aromatic heterocycles. The molecule has 1 N–H and O–H groups in total. The maximum absolute atomic E-state index is 14.0. The predicted octanol–water partition coefficient (Wildman–Crippen LogP) is 3.53. The molecule has 0 radical (unpaired) electrons. The van der Waals surface area contributed by atoms with E-state index in [-0.39, 0.29) is 17.2 Å². The zero-order valence-corrected chi connectivity index (χ0v) is 11.4. The van der Waals surface area contributed by atoms with Crippen molar-refractivity contribution in [3.8, 4) is 0 Å². The van der Waals surface area contributed by atoms with E-state index in [2.05, 4.69) is 15.3 Å². The minimum atomic E-state index is -0.340. The van der Waals surface area contributed by atoms with Crippen molar-refractivity contribution in [2.75, 3.05) is 5.32 Å². The molecule has 0 saturated heterocycles. The van der Waals surface area contributed by atoms with Crippen LogP contribution in [0.5, 0.6) is 0 Å². The lowest BCUT2D eigenvalue weighted by Crippen LogP contribution is -2.30. The maximum Gasteiger partial charge on any atom is 0.186 e. The van der Waals surface area contributed by atoms with E-state index in [9.17, 15) is 4.39 Å². The van der Waals surface area contributed by atoms with E-state index >= 15 is 0 Å². The SMILES string of the molecule is CCc1ncnc(NC2CCCCCC2Cl)c1F. The van der Waals surface area contributed by atoms with Crippen molar-refractivity contribution in [3.63, 3.8) is 0 Å². The second kappa shape index (κ2) is 6.32. The molecule has 2 unspecified atom stereocenters. The predicted molar refractivity (Wildman–Crippen MR) is 71.5 cm³/mol. The Balaban J connectivity index is 2.12. The summed E-state index contributed by atoms with van der Waals surface area (Å²) in [5.74, 6) is -0.0486. The number of aryl methyl sites for hydroxylation is 1. The summed E-state index contributed by atoms with van der Waals surface area (Å²) in [5, 5.41) is 3.20. The summed E-state index contributed by atoms with van der Waals surface area (Å²) in [6, 6.07) is 0.100. The van der Waals surface area contributed by atoms with Crippen molar-refractivity contribution < 1.29 is 4.39 Å². The minimum absolute atomic E-state index is 0.0481. The van der Waals surface area contributed by atoms with Gasteiger partial charge in [0.05, 0.1) is 11.1 Å². The molecule has 0 aromatic carbocycles. The Bertz CT molecular complexity index is 400. The first-order valence-electron chi connectivity index (χ1n) is 6.62. The van der Waals surface area contributed by atoms with E-state index in [4.69, 9.17) is 11.6 Å². The first kappa shape index (κ1) is 13.5. The largest absolute Gasteiger partial charge is 0.363 e. The summed E-state index contributed by atoms with van der Waals surface area (Å²) in [4.78, 5) is 7.92. The Morgan fingerprint density at radius 1 is 1.33 bits per heavy atom. The highest BCUT2D eigenvalue weighted by atomic mass is 35.5. The highest BCUT2D eigenvalue weighted by Gasteiger charge is 2.23. The minimum Gasteiger partial charge on any atom is -0.363 e. The van der Waals surface area contributed by atoms with Crippen LogP contribution in [0.1, 0.15) is 44.7 Å². The summed E-state index contributed by atoms with van der Waals surface area (Å²) < 4.78 is 14.0. The van der Waals surface area contributed by atoms with Crippen LogP contribution in [0, 0.1) is 5.82 Å². The second-order valence-corrected chi connectivity index (χ2v) is 5.30. The van der Waals surface area contributed by atoms with E-state index in [0.717, 1.165) is 25.7 Å². The van der Waals surface area contributed by atoms with Crippen LogP contribution in [-0.4, -0.2) is 21.4 Å². The number of anilines is 1. The molecule has 3 nitrogen and oxygen atoms in total. The highest BCUT2D eigenvalue weighted by Crippen LogP contribution is 2.25. The Hall–Kier alpha value is -0.900. The van der Waals surface area contributed by atoms with Gasteiger partial charge in [-0.05, 0) is 19.3 Å². The molecule has 0 bridgehead atoms. The average Bonchev–Trinajstić information content (AvgIpc) is 2.57. The van der Waals surface area contributed by atoms with Crippen LogP contribution in [-0.2, 0) is 6.42 Å². The number of halogens is 2. The molecule has 0 amide bonds. The fourth-order valence-corrected chi connectivity index (χ4v) is 2.70. The van der Waals surface area contributed by atoms with Crippen LogP contribution in [0.4, 0.5) is 10.2 Å². The van der Waals surface area contributed by atoms with Gasteiger partial charge in [-0.3, -0.25) is 0 Å². The molecule has 1 aliphatic carbocycles. The molecule has 18 heavy (non-hydrogen) atoms. The average molecular weight is 272 g/mol. The number of hydrogen-bond donors (Lipinski definition) is 1. The van der Waals surface area contributed by atoms with Gasteiger partial charge in [-0.2, -0.15) is 0 Å².